The number of aliphatic carboxylic acids is 1. The Hall–Kier alpha value is -2.95. The molecule has 0 aliphatic rings. The number of hydrazone groups is 1. The Kier molecular flexibility index (Phi) is 6.50. The number of primary sulfonamides is 1. The standard InChI is InChI=1S/C16H14ClN3O6S/c17-12-6-5-10(7-14(12)27(18,24)25)16(23)20-19-8-11-3-1-2-4-13(11)26-9-15(21)22/h1-8H,9H2,(H,20,23)(H,21,22)(H2,18,24,25)/p-1/b19-8-. The molecule has 0 aliphatic carbocycles. The van der Waals surface area contributed by atoms with Crippen molar-refractivity contribution in [2.24, 2.45) is 10.2 Å². The predicted octanol–water partition coefficient (Wildman–Crippen LogP) is -0.120. The summed E-state index contributed by atoms with van der Waals surface area (Å²) < 4.78 is 27.9. The first-order valence-corrected chi connectivity index (χ1v) is 9.18. The summed E-state index contributed by atoms with van der Waals surface area (Å²) in [4.78, 5) is 22.2. The van der Waals surface area contributed by atoms with Crippen LogP contribution in [-0.4, -0.2) is 33.1 Å². The Morgan fingerprint density at radius 1 is 1.26 bits per heavy atom. The highest BCUT2D eigenvalue weighted by molar-refractivity contribution is 7.89. The smallest absolute Gasteiger partial charge is 0.271 e. The van der Waals surface area contributed by atoms with Crippen LogP contribution in [0.1, 0.15) is 15.9 Å². The van der Waals surface area contributed by atoms with Gasteiger partial charge in [-0.15, -0.1) is 0 Å². The van der Waals surface area contributed by atoms with E-state index in [0.29, 0.717) is 5.56 Å². The van der Waals surface area contributed by atoms with Crippen molar-refractivity contribution in [3.05, 3.63) is 58.6 Å². The van der Waals surface area contributed by atoms with Gasteiger partial charge in [0.2, 0.25) is 10.0 Å². The van der Waals surface area contributed by atoms with Crippen LogP contribution in [-0.2, 0) is 14.8 Å². The van der Waals surface area contributed by atoms with Gasteiger partial charge in [0.05, 0.1) is 17.2 Å². The number of sulfonamides is 1. The molecular weight excluding hydrogens is 398 g/mol. The number of nitrogens with two attached hydrogens (primary N) is 1. The third kappa shape index (κ3) is 5.78. The molecule has 0 unspecified atom stereocenters. The van der Waals surface area contributed by atoms with Crippen molar-refractivity contribution in [3.8, 4) is 5.75 Å². The Balaban J connectivity index is 2.13. The van der Waals surface area contributed by atoms with Crippen molar-refractivity contribution >= 4 is 39.7 Å². The van der Waals surface area contributed by atoms with Crippen LogP contribution < -0.4 is 20.4 Å². The maximum atomic E-state index is 12.1. The summed E-state index contributed by atoms with van der Waals surface area (Å²) in [6, 6.07) is 9.95. The number of benzene rings is 2. The molecule has 0 aromatic heterocycles. The minimum Gasteiger partial charge on any atom is -0.546 e. The van der Waals surface area contributed by atoms with Crippen molar-refractivity contribution in [2.75, 3.05) is 6.61 Å². The first kappa shape index (κ1) is 20.4. The molecule has 0 spiro atoms. The fraction of sp³-hybridized carbons (Fsp3) is 0.0625. The van der Waals surface area contributed by atoms with Crippen LogP contribution in [0.4, 0.5) is 0 Å². The molecule has 11 heteroatoms. The van der Waals surface area contributed by atoms with Gasteiger partial charge in [-0.2, -0.15) is 5.10 Å². The lowest BCUT2D eigenvalue weighted by Gasteiger charge is -2.09. The van der Waals surface area contributed by atoms with E-state index in [9.17, 15) is 23.1 Å². The van der Waals surface area contributed by atoms with Crippen LogP contribution in [0.15, 0.2) is 52.5 Å². The zero-order valence-corrected chi connectivity index (χ0v) is 15.2. The normalized spacial score (nSPS) is 11.3. The number of carboxylic acid groups (broad SMARTS) is 1. The molecule has 2 rings (SSSR count). The van der Waals surface area contributed by atoms with E-state index in [-0.39, 0.29) is 21.2 Å². The lowest BCUT2D eigenvalue weighted by atomic mass is 10.2. The lowest BCUT2D eigenvalue weighted by molar-refractivity contribution is -0.307. The quantitative estimate of drug-likeness (QED) is 0.479. The SMILES string of the molecule is NS(=O)(=O)c1cc(C(=O)N/N=C\c2ccccc2OCC(=O)[O-])ccc1Cl. The molecule has 3 N–H and O–H groups in total. The molecule has 0 atom stereocenters. The molecule has 0 radical (unpaired) electrons. The van der Waals surface area contributed by atoms with E-state index in [1.165, 1.54) is 24.4 Å². The predicted molar refractivity (Wildman–Crippen MR) is 94.8 cm³/mol. The second kappa shape index (κ2) is 8.62. The summed E-state index contributed by atoms with van der Waals surface area (Å²) in [5, 5.41) is 19.1. The fourth-order valence-corrected chi connectivity index (χ4v) is 3.01. The topological polar surface area (TPSA) is 151 Å². The number of carbonyl (C=O) groups excluding carboxylic acids is 2. The van der Waals surface area contributed by atoms with E-state index in [1.54, 1.807) is 18.2 Å². The highest BCUT2D eigenvalue weighted by atomic mass is 35.5. The Labute approximate surface area is 159 Å². The molecule has 1 amide bonds. The number of hydrogen-bond donors (Lipinski definition) is 2. The van der Waals surface area contributed by atoms with Crippen molar-refractivity contribution in [3.63, 3.8) is 0 Å². The van der Waals surface area contributed by atoms with Gasteiger partial charge in [0.1, 0.15) is 17.3 Å². The third-order valence-corrected chi connectivity index (χ3v) is 4.53. The largest absolute Gasteiger partial charge is 0.546 e. The first-order valence-electron chi connectivity index (χ1n) is 7.26. The highest BCUT2D eigenvalue weighted by Gasteiger charge is 2.16. The van der Waals surface area contributed by atoms with Crippen LogP contribution in [0.2, 0.25) is 5.02 Å². The molecule has 142 valence electrons. The van der Waals surface area contributed by atoms with Crippen molar-refractivity contribution < 1.29 is 27.9 Å². The van der Waals surface area contributed by atoms with Gasteiger partial charge in [0.15, 0.2) is 0 Å². The monoisotopic (exact) mass is 410 g/mol. The molecule has 0 fully saturated rings. The number of hydrogen-bond acceptors (Lipinski definition) is 7. The summed E-state index contributed by atoms with van der Waals surface area (Å²) in [5.74, 6) is -1.87. The molecule has 27 heavy (non-hydrogen) atoms. The molecule has 2 aromatic rings. The third-order valence-electron chi connectivity index (χ3n) is 3.13. The molecule has 2 aromatic carbocycles. The second-order valence-electron chi connectivity index (χ2n) is 5.09. The van der Waals surface area contributed by atoms with E-state index >= 15 is 0 Å². The number of carbonyl (C=O) groups is 2. The zero-order valence-electron chi connectivity index (χ0n) is 13.6. The van der Waals surface area contributed by atoms with Crippen LogP contribution in [0.25, 0.3) is 0 Å². The van der Waals surface area contributed by atoms with Crippen LogP contribution >= 0.6 is 11.6 Å². The second-order valence-corrected chi connectivity index (χ2v) is 7.02. The number of carboxylic acids is 1. The molecule has 0 heterocycles. The highest BCUT2D eigenvalue weighted by Crippen LogP contribution is 2.21. The van der Waals surface area contributed by atoms with E-state index in [4.69, 9.17) is 21.5 Å². The van der Waals surface area contributed by atoms with Gasteiger partial charge < -0.3 is 14.6 Å². The average molecular weight is 411 g/mol. The van der Waals surface area contributed by atoms with Crippen LogP contribution in [0.5, 0.6) is 5.75 Å². The molecule has 0 saturated carbocycles. The number of rotatable bonds is 7. The number of nitrogens with zero attached hydrogens (tertiary/aromatic N) is 1. The van der Waals surface area contributed by atoms with Gasteiger partial charge in [-0.25, -0.2) is 19.0 Å². The molecule has 0 aliphatic heterocycles. The lowest BCUT2D eigenvalue weighted by Crippen LogP contribution is -2.29. The summed E-state index contributed by atoms with van der Waals surface area (Å²) in [6.45, 7) is -0.641. The number of amides is 1. The van der Waals surface area contributed by atoms with Gasteiger partial charge in [0, 0.05) is 11.1 Å². The van der Waals surface area contributed by atoms with Gasteiger partial charge in [0.25, 0.3) is 5.91 Å². The minimum absolute atomic E-state index is 0.0259. The fourth-order valence-electron chi connectivity index (χ4n) is 1.94. The zero-order chi connectivity index (χ0) is 20.0. The Bertz CT molecular complexity index is 1010. The molecule has 0 bridgehead atoms. The van der Waals surface area contributed by atoms with Crippen LogP contribution in [0, 0.1) is 0 Å². The number of nitrogens with one attached hydrogen (secondary N) is 1. The molecular formula is C16H13ClN3O6S-. The van der Waals surface area contributed by atoms with Gasteiger partial charge in [-0.05, 0) is 30.3 Å². The van der Waals surface area contributed by atoms with Gasteiger partial charge >= 0.3 is 0 Å². The number of halogens is 1. The van der Waals surface area contributed by atoms with E-state index in [1.807, 2.05) is 0 Å². The minimum atomic E-state index is -4.09. The Morgan fingerprint density at radius 2 is 1.96 bits per heavy atom. The van der Waals surface area contributed by atoms with Crippen molar-refractivity contribution in [1.82, 2.24) is 5.43 Å². The van der Waals surface area contributed by atoms with E-state index in [0.717, 1.165) is 6.07 Å². The summed E-state index contributed by atoms with van der Waals surface area (Å²) >= 11 is 5.76. The summed E-state index contributed by atoms with van der Waals surface area (Å²) in [6.07, 6.45) is 1.24. The van der Waals surface area contributed by atoms with E-state index < -0.39 is 28.5 Å². The van der Waals surface area contributed by atoms with Gasteiger partial charge in [-0.3, -0.25) is 4.79 Å². The maximum absolute atomic E-state index is 12.1. The summed E-state index contributed by atoms with van der Waals surface area (Å²) in [7, 11) is -4.09. The summed E-state index contributed by atoms with van der Waals surface area (Å²) in [5.41, 5.74) is 2.58. The first-order chi connectivity index (χ1) is 12.7. The number of ether oxygens (including phenoxy) is 1. The Morgan fingerprint density at radius 3 is 2.63 bits per heavy atom. The molecule has 9 nitrogen and oxygen atoms in total. The number of para-hydroxylation sites is 1. The average Bonchev–Trinajstić information content (AvgIpc) is 2.60. The van der Waals surface area contributed by atoms with Crippen molar-refractivity contribution in [1.29, 1.82) is 0 Å². The molecule has 0 saturated heterocycles. The van der Waals surface area contributed by atoms with E-state index in [2.05, 4.69) is 10.5 Å². The maximum Gasteiger partial charge on any atom is 0.271 e. The van der Waals surface area contributed by atoms with Crippen LogP contribution in [0.3, 0.4) is 0 Å². The van der Waals surface area contributed by atoms with Crippen molar-refractivity contribution in [2.45, 2.75) is 4.90 Å². The van der Waals surface area contributed by atoms with Gasteiger partial charge in [-0.1, -0.05) is 23.7 Å².